The largest absolute Gasteiger partial charge is 0.326 e. The van der Waals surface area contributed by atoms with Gasteiger partial charge in [0.25, 0.3) is 0 Å². The average molecular weight is 349 g/mol. The quantitative estimate of drug-likeness (QED) is 0.887. The van der Waals surface area contributed by atoms with Crippen LogP contribution in [0.2, 0.25) is 0 Å². The third kappa shape index (κ3) is 3.17. The van der Waals surface area contributed by atoms with Crippen LogP contribution < -0.4 is 10.6 Å². The highest BCUT2D eigenvalue weighted by molar-refractivity contribution is 5.95. The van der Waals surface area contributed by atoms with Gasteiger partial charge in [0.2, 0.25) is 5.91 Å². The van der Waals surface area contributed by atoms with E-state index in [2.05, 4.69) is 29.7 Å². The molecule has 134 valence electrons. The van der Waals surface area contributed by atoms with Crippen LogP contribution in [0.1, 0.15) is 29.2 Å². The maximum absolute atomic E-state index is 12.3. The molecule has 0 fully saturated rings. The molecule has 2 heterocycles. The lowest BCUT2D eigenvalue weighted by molar-refractivity contribution is -0.119. The minimum atomic E-state index is -0.0415. The zero-order valence-corrected chi connectivity index (χ0v) is 15.1. The second kappa shape index (κ2) is 6.48. The first-order chi connectivity index (χ1) is 12.5. The Morgan fingerprint density at radius 2 is 1.81 bits per heavy atom. The van der Waals surface area contributed by atoms with Crippen molar-refractivity contribution in [1.82, 2.24) is 4.90 Å². The maximum atomic E-state index is 12.3. The summed E-state index contributed by atoms with van der Waals surface area (Å²) in [5, 5.41) is 5.93. The van der Waals surface area contributed by atoms with E-state index in [0.29, 0.717) is 13.1 Å². The number of benzene rings is 2. The molecule has 0 aliphatic carbocycles. The van der Waals surface area contributed by atoms with Crippen molar-refractivity contribution in [1.29, 1.82) is 0 Å². The highest BCUT2D eigenvalue weighted by Gasteiger charge is 2.24. The summed E-state index contributed by atoms with van der Waals surface area (Å²) in [5.41, 5.74) is 6.55. The smallest absolute Gasteiger partial charge is 0.322 e. The van der Waals surface area contributed by atoms with Crippen LogP contribution in [0.3, 0.4) is 0 Å². The van der Waals surface area contributed by atoms with Crippen molar-refractivity contribution in [3.05, 3.63) is 58.7 Å². The predicted octanol–water partition coefficient (Wildman–Crippen LogP) is 3.72. The van der Waals surface area contributed by atoms with Crippen LogP contribution in [0.4, 0.5) is 16.2 Å². The van der Waals surface area contributed by atoms with Crippen molar-refractivity contribution in [3.63, 3.8) is 0 Å². The van der Waals surface area contributed by atoms with Gasteiger partial charge in [-0.15, -0.1) is 0 Å². The molecule has 0 aromatic heterocycles. The number of rotatable bonds is 3. The normalized spacial score (nSPS) is 18.7. The zero-order valence-electron chi connectivity index (χ0n) is 15.1. The monoisotopic (exact) mass is 349 g/mol. The van der Waals surface area contributed by atoms with E-state index in [1.807, 2.05) is 36.1 Å². The molecule has 2 aromatic rings. The van der Waals surface area contributed by atoms with E-state index >= 15 is 0 Å². The van der Waals surface area contributed by atoms with Crippen molar-refractivity contribution in [2.45, 2.75) is 33.2 Å². The second-order valence-electron chi connectivity index (χ2n) is 7.35. The second-order valence-corrected chi connectivity index (χ2v) is 7.35. The van der Waals surface area contributed by atoms with E-state index in [0.717, 1.165) is 29.8 Å². The molecule has 26 heavy (non-hydrogen) atoms. The van der Waals surface area contributed by atoms with Crippen molar-refractivity contribution >= 4 is 23.3 Å². The Kier molecular flexibility index (Phi) is 4.15. The Bertz CT molecular complexity index is 891. The van der Waals surface area contributed by atoms with Crippen LogP contribution >= 0.6 is 0 Å². The van der Waals surface area contributed by atoms with Gasteiger partial charge in [0.1, 0.15) is 0 Å². The lowest BCUT2D eigenvalue weighted by Gasteiger charge is -2.30. The van der Waals surface area contributed by atoms with Crippen LogP contribution in [0, 0.1) is 12.8 Å². The lowest BCUT2D eigenvalue weighted by atomic mass is 9.93. The summed E-state index contributed by atoms with van der Waals surface area (Å²) >= 11 is 0. The van der Waals surface area contributed by atoms with Gasteiger partial charge in [-0.1, -0.05) is 36.8 Å². The van der Waals surface area contributed by atoms with Gasteiger partial charge in [0, 0.05) is 30.4 Å². The average Bonchev–Trinajstić information content (AvgIpc) is 2.61. The fourth-order valence-electron chi connectivity index (χ4n) is 3.66. The molecule has 0 saturated carbocycles. The van der Waals surface area contributed by atoms with E-state index in [-0.39, 0.29) is 17.9 Å². The van der Waals surface area contributed by atoms with Crippen LogP contribution in [-0.4, -0.2) is 23.4 Å². The van der Waals surface area contributed by atoms with E-state index in [9.17, 15) is 9.59 Å². The van der Waals surface area contributed by atoms with Gasteiger partial charge in [0.15, 0.2) is 0 Å². The Balaban J connectivity index is 1.45. The van der Waals surface area contributed by atoms with Gasteiger partial charge in [-0.2, -0.15) is 0 Å². The first-order valence-corrected chi connectivity index (χ1v) is 9.08. The lowest BCUT2D eigenvalue weighted by Crippen LogP contribution is -2.39. The van der Waals surface area contributed by atoms with Crippen LogP contribution in [0.5, 0.6) is 0 Å². The third-order valence-corrected chi connectivity index (χ3v) is 5.22. The molecule has 2 aliphatic rings. The van der Waals surface area contributed by atoms with E-state index in [1.165, 1.54) is 16.7 Å². The number of fused-ring (bicyclic) bond motifs is 2. The predicted molar refractivity (Wildman–Crippen MR) is 102 cm³/mol. The molecule has 2 N–H and O–H groups in total. The van der Waals surface area contributed by atoms with Gasteiger partial charge in [0.05, 0.1) is 0 Å². The summed E-state index contributed by atoms with van der Waals surface area (Å²) in [5.74, 6) is 0.0922. The fraction of sp³-hybridized carbons (Fsp3) is 0.333. The van der Waals surface area contributed by atoms with Gasteiger partial charge in [-0.25, -0.2) is 4.79 Å². The number of anilines is 2. The molecular formula is C21H23N3O2. The van der Waals surface area contributed by atoms with Crippen LogP contribution in [0.15, 0.2) is 36.4 Å². The highest BCUT2D eigenvalue weighted by atomic mass is 16.2. The van der Waals surface area contributed by atoms with Crippen molar-refractivity contribution in [2.24, 2.45) is 5.92 Å². The number of nitrogens with one attached hydrogen (secondary N) is 2. The third-order valence-electron chi connectivity index (χ3n) is 5.22. The number of urea groups is 1. The van der Waals surface area contributed by atoms with E-state index < -0.39 is 0 Å². The summed E-state index contributed by atoms with van der Waals surface area (Å²) in [6, 6.07) is 12.2. The van der Waals surface area contributed by atoms with Gasteiger partial charge in [-0.05, 0) is 48.6 Å². The first-order valence-electron chi connectivity index (χ1n) is 9.08. The number of aryl methyl sites for hydroxylation is 1. The van der Waals surface area contributed by atoms with Crippen molar-refractivity contribution in [2.75, 3.05) is 17.2 Å². The molecule has 0 radical (unpaired) electrons. The van der Waals surface area contributed by atoms with Gasteiger partial charge < -0.3 is 15.5 Å². The summed E-state index contributed by atoms with van der Waals surface area (Å²) in [7, 11) is 0. The Morgan fingerprint density at radius 3 is 2.65 bits per heavy atom. The molecule has 5 nitrogen and oxygen atoms in total. The summed E-state index contributed by atoms with van der Waals surface area (Å²) in [6.07, 6.45) is 1.57. The molecule has 1 atom stereocenters. The number of amides is 3. The Morgan fingerprint density at radius 1 is 1.04 bits per heavy atom. The highest BCUT2D eigenvalue weighted by Crippen LogP contribution is 2.27. The molecular weight excluding hydrogens is 326 g/mol. The molecule has 2 aromatic carbocycles. The number of hydrogen-bond donors (Lipinski definition) is 2. The van der Waals surface area contributed by atoms with Gasteiger partial charge in [-0.3, -0.25) is 4.79 Å². The van der Waals surface area contributed by atoms with E-state index in [1.54, 1.807) is 0 Å². The maximum Gasteiger partial charge on any atom is 0.322 e. The standard InChI is InChI=1S/C21H23N3O2/c1-13-3-5-19-17(9-13)12-24(21(26)23-19)8-7-15-4-6-18-16(11-15)10-14(2)20(25)22-18/h3-6,9,11,14H,7-8,10,12H2,1-2H3,(H,22,25)(H,23,26)/t14-/m1/s1. The fourth-order valence-corrected chi connectivity index (χ4v) is 3.66. The molecule has 5 heteroatoms. The number of carbonyl (C=O) groups excluding carboxylic acids is 2. The molecule has 0 bridgehead atoms. The van der Waals surface area contributed by atoms with Crippen molar-refractivity contribution in [3.8, 4) is 0 Å². The summed E-state index contributed by atoms with van der Waals surface area (Å²) in [6.45, 7) is 5.32. The summed E-state index contributed by atoms with van der Waals surface area (Å²) in [4.78, 5) is 26.0. The molecule has 4 rings (SSSR count). The van der Waals surface area contributed by atoms with Crippen LogP contribution in [-0.2, 0) is 24.2 Å². The molecule has 0 spiro atoms. The molecule has 3 amide bonds. The number of nitrogens with zero attached hydrogens (tertiary/aromatic N) is 1. The number of carbonyl (C=O) groups is 2. The topological polar surface area (TPSA) is 61.4 Å². The SMILES string of the molecule is Cc1ccc2c(c1)CN(CCc1ccc3c(c1)C[C@@H](C)C(=O)N3)C(=O)N2. The molecule has 0 unspecified atom stereocenters. The number of hydrogen-bond acceptors (Lipinski definition) is 2. The molecule has 2 aliphatic heterocycles. The van der Waals surface area contributed by atoms with Gasteiger partial charge >= 0.3 is 6.03 Å². The summed E-state index contributed by atoms with van der Waals surface area (Å²) < 4.78 is 0. The van der Waals surface area contributed by atoms with E-state index in [4.69, 9.17) is 0 Å². The minimum absolute atomic E-state index is 0.00497. The first kappa shape index (κ1) is 16.6. The molecule has 0 saturated heterocycles. The Labute approximate surface area is 153 Å². The zero-order chi connectivity index (χ0) is 18.3. The minimum Gasteiger partial charge on any atom is -0.326 e. The Hall–Kier alpha value is -2.82. The van der Waals surface area contributed by atoms with Crippen molar-refractivity contribution < 1.29 is 9.59 Å². The van der Waals surface area contributed by atoms with Crippen LogP contribution in [0.25, 0.3) is 0 Å².